The lowest BCUT2D eigenvalue weighted by molar-refractivity contribution is 0.00578. The van der Waals surface area contributed by atoms with Gasteiger partial charge in [0.1, 0.15) is 0 Å². The average molecular weight is 687 g/mol. The summed E-state index contributed by atoms with van der Waals surface area (Å²) in [5.74, 6) is 0. The number of hydrogen-bond donors (Lipinski definition) is 0. The summed E-state index contributed by atoms with van der Waals surface area (Å²) < 4.78 is 17.8. The van der Waals surface area contributed by atoms with E-state index in [0.29, 0.717) is 0 Å². The van der Waals surface area contributed by atoms with Crippen molar-refractivity contribution in [2.45, 2.75) is 38.9 Å². The predicted octanol–water partition coefficient (Wildman–Crippen LogP) is 11.5. The average Bonchev–Trinajstić information content (AvgIpc) is 3.77. The molecule has 1 fully saturated rings. The van der Waals surface area contributed by atoms with Gasteiger partial charge in [-0.25, -0.2) is 0 Å². The van der Waals surface area contributed by atoms with Gasteiger partial charge in [-0.3, -0.25) is 0 Å². The van der Waals surface area contributed by atoms with E-state index in [4.69, 9.17) is 9.31 Å². The maximum absolute atomic E-state index is 6.50. The number of para-hydroxylation sites is 2. The Labute approximate surface area is 310 Å². The van der Waals surface area contributed by atoms with E-state index >= 15 is 0 Å². The fraction of sp³-hybridized carbons (Fsp3) is 0.125. The zero-order chi connectivity index (χ0) is 35.9. The highest BCUT2D eigenvalue weighted by Crippen LogP contribution is 2.40. The second kappa shape index (κ2) is 11.8. The minimum absolute atomic E-state index is 0.412. The minimum atomic E-state index is -0.434. The van der Waals surface area contributed by atoms with Gasteiger partial charge in [-0.15, -0.1) is 0 Å². The zero-order valence-corrected chi connectivity index (χ0v) is 30.4. The molecule has 10 rings (SSSR count). The van der Waals surface area contributed by atoms with Crippen molar-refractivity contribution in [2.75, 3.05) is 0 Å². The molecule has 0 amide bonds. The van der Waals surface area contributed by atoms with Gasteiger partial charge < -0.3 is 18.4 Å². The molecule has 0 aliphatic carbocycles. The Bertz CT molecular complexity index is 2830. The zero-order valence-electron chi connectivity index (χ0n) is 30.4. The Kier molecular flexibility index (Phi) is 7.10. The van der Waals surface area contributed by atoms with E-state index < -0.39 is 18.3 Å². The quantitative estimate of drug-likeness (QED) is 0.169. The number of fused-ring (bicyclic) bond motifs is 6. The molecule has 53 heavy (non-hydrogen) atoms. The number of rotatable bonds is 5. The van der Waals surface area contributed by atoms with Crippen molar-refractivity contribution >= 4 is 56.2 Å². The third kappa shape index (κ3) is 5.07. The fourth-order valence-electron chi connectivity index (χ4n) is 8.09. The first-order chi connectivity index (χ1) is 25.8. The molecule has 0 N–H and O–H groups in total. The van der Waals surface area contributed by atoms with Gasteiger partial charge in [0.25, 0.3) is 0 Å². The van der Waals surface area contributed by atoms with E-state index in [2.05, 4.69) is 201 Å². The summed E-state index contributed by atoms with van der Waals surface area (Å²) in [6, 6.07) is 59.3. The second-order valence-corrected chi connectivity index (χ2v) is 15.3. The van der Waals surface area contributed by atoms with E-state index in [-0.39, 0.29) is 0 Å². The molecule has 3 heterocycles. The van der Waals surface area contributed by atoms with Crippen molar-refractivity contribution in [1.29, 1.82) is 0 Å². The smallest absolute Gasteiger partial charge is 0.399 e. The lowest BCUT2D eigenvalue weighted by atomic mass is 9.78. The van der Waals surface area contributed by atoms with Crippen LogP contribution in [0.15, 0.2) is 164 Å². The molecule has 0 saturated carbocycles. The summed E-state index contributed by atoms with van der Waals surface area (Å²) >= 11 is 0. The monoisotopic (exact) mass is 686 g/mol. The molecule has 9 aromatic rings. The summed E-state index contributed by atoms with van der Waals surface area (Å²) in [5, 5.41) is 4.84. The van der Waals surface area contributed by atoms with E-state index in [9.17, 15) is 0 Å². The third-order valence-corrected chi connectivity index (χ3v) is 11.5. The Balaban J connectivity index is 1.14. The highest BCUT2D eigenvalue weighted by molar-refractivity contribution is 6.62. The number of hydrogen-bond acceptors (Lipinski definition) is 2. The number of benzene rings is 7. The molecule has 1 saturated heterocycles. The minimum Gasteiger partial charge on any atom is -0.399 e. The Morgan fingerprint density at radius 1 is 0.377 bits per heavy atom. The van der Waals surface area contributed by atoms with E-state index in [0.717, 1.165) is 27.9 Å². The second-order valence-electron chi connectivity index (χ2n) is 15.3. The Hall–Kier alpha value is -5.88. The van der Waals surface area contributed by atoms with Gasteiger partial charge in [-0.2, -0.15) is 0 Å². The summed E-state index contributed by atoms with van der Waals surface area (Å²) in [7, 11) is -0.434. The summed E-state index contributed by atoms with van der Waals surface area (Å²) in [4.78, 5) is 0. The molecule has 1 aliphatic rings. The Morgan fingerprint density at radius 2 is 0.849 bits per heavy atom. The molecule has 0 spiro atoms. The molecule has 0 radical (unpaired) electrons. The van der Waals surface area contributed by atoms with Crippen LogP contribution >= 0.6 is 0 Å². The van der Waals surface area contributed by atoms with Gasteiger partial charge in [-0.1, -0.05) is 103 Å². The molecule has 2 aromatic heterocycles. The van der Waals surface area contributed by atoms with Gasteiger partial charge in [0.2, 0.25) is 0 Å². The molecular formula is C48H39BN2O2. The molecule has 5 heteroatoms. The molecular weight excluding hydrogens is 647 g/mol. The van der Waals surface area contributed by atoms with Gasteiger partial charge >= 0.3 is 7.12 Å². The molecule has 1 aliphatic heterocycles. The van der Waals surface area contributed by atoms with E-state index in [1.165, 1.54) is 54.8 Å². The first-order valence-corrected chi connectivity index (χ1v) is 18.4. The molecule has 0 atom stereocenters. The lowest BCUT2D eigenvalue weighted by Gasteiger charge is -2.32. The van der Waals surface area contributed by atoms with Crippen molar-refractivity contribution in [3.8, 4) is 33.6 Å². The highest BCUT2D eigenvalue weighted by atomic mass is 16.7. The van der Waals surface area contributed by atoms with Crippen molar-refractivity contribution < 1.29 is 9.31 Å². The largest absolute Gasteiger partial charge is 0.494 e. The molecule has 0 unspecified atom stereocenters. The fourth-order valence-corrected chi connectivity index (χ4v) is 8.09. The normalized spacial score (nSPS) is 15.3. The van der Waals surface area contributed by atoms with Crippen LogP contribution in [0.25, 0.3) is 77.2 Å². The lowest BCUT2D eigenvalue weighted by Crippen LogP contribution is -2.41. The number of nitrogens with zero attached hydrogens (tertiary/aromatic N) is 2. The first-order valence-electron chi connectivity index (χ1n) is 18.4. The standard InChI is InChI=1S/C48H39BN2O2/c1-47(2)48(3,4)53-49(52-47)36-24-27-46-42(31-36)41-30-35(23-26-45(41)50(46)37-17-9-6-10-18-37)34-22-25-44-40(29-34)39-20-11-12-21-43(39)51(44)38-19-13-16-33(28-38)32-14-7-5-8-15-32/h5-31H,1-4H3. The van der Waals surface area contributed by atoms with Crippen molar-refractivity contribution in [3.05, 3.63) is 164 Å². The third-order valence-electron chi connectivity index (χ3n) is 11.5. The van der Waals surface area contributed by atoms with Crippen LogP contribution in [0.2, 0.25) is 0 Å². The van der Waals surface area contributed by atoms with Gasteiger partial charge in [0.05, 0.1) is 33.3 Å². The molecule has 4 nitrogen and oxygen atoms in total. The van der Waals surface area contributed by atoms with E-state index in [1.807, 2.05) is 0 Å². The highest BCUT2D eigenvalue weighted by Gasteiger charge is 2.51. The maximum atomic E-state index is 6.50. The molecule has 0 bridgehead atoms. The van der Waals surface area contributed by atoms with Crippen LogP contribution in [0.5, 0.6) is 0 Å². The van der Waals surface area contributed by atoms with Crippen LogP contribution in [0.3, 0.4) is 0 Å². The van der Waals surface area contributed by atoms with Gasteiger partial charge in [0, 0.05) is 32.9 Å². The van der Waals surface area contributed by atoms with Crippen LogP contribution in [0, 0.1) is 0 Å². The van der Waals surface area contributed by atoms with Crippen LogP contribution in [-0.4, -0.2) is 27.5 Å². The van der Waals surface area contributed by atoms with Gasteiger partial charge in [0.15, 0.2) is 0 Å². The van der Waals surface area contributed by atoms with E-state index in [1.54, 1.807) is 0 Å². The predicted molar refractivity (Wildman–Crippen MR) is 222 cm³/mol. The first kappa shape index (κ1) is 31.8. The summed E-state index contributed by atoms with van der Waals surface area (Å²) in [6.45, 7) is 8.43. The Morgan fingerprint density at radius 3 is 1.53 bits per heavy atom. The number of aromatic nitrogens is 2. The van der Waals surface area contributed by atoms with Crippen LogP contribution in [0.4, 0.5) is 0 Å². The molecule has 7 aromatic carbocycles. The maximum Gasteiger partial charge on any atom is 0.494 e. The SMILES string of the molecule is CC1(C)OB(c2ccc3c(c2)c2cc(-c4ccc5c(c4)c4ccccc4n5-c4cccc(-c5ccccc5)c4)ccc2n3-c2ccccc2)OC1(C)C. The van der Waals surface area contributed by atoms with Crippen LogP contribution < -0.4 is 5.46 Å². The summed E-state index contributed by atoms with van der Waals surface area (Å²) in [6.07, 6.45) is 0. The van der Waals surface area contributed by atoms with Crippen LogP contribution in [0.1, 0.15) is 27.7 Å². The van der Waals surface area contributed by atoms with Crippen molar-refractivity contribution in [2.24, 2.45) is 0 Å². The topological polar surface area (TPSA) is 28.3 Å². The van der Waals surface area contributed by atoms with Crippen molar-refractivity contribution in [1.82, 2.24) is 9.13 Å². The molecule has 256 valence electrons. The van der Waals surface area contributed by atoms with Crippen LogP contribution in [-0.2, 0) is 9.31 Å². The van der Waals surface area contributed by atoms with Crippen molar-refractivity contribution in [3.63, 3.8) is 0 Å². The van der Waals surface area contributed by atoms with Gasteiger partial charge in [-0.05, 0) is 116 Å². The summed E-state index contributed by atoms with van der Waals surface area (Å²) in [5.41, 5.74) is 12.0.